The number of aryl methyl sites for hydroxylation is 2. The number of aromatic nitrogens is 2. The van der Waals surface area contributed by atoms with Crippen LogP contribution >= 0.6 is 0 Å². The third-order valence-electron chi connectivity index (χ3n) is 6.11. The van der Waals surface area contributed by atoms with Crippen molar-refractivity contribution in [3.8, 4) is 5.69 Å². The second-order valence-electron chi connectivity index (χ2n) is 8.43. The number of benzene rings is 3. The molecular formula is C27H23FN4O2. The van der Waals surface area contributed by atoms with E-state index >= 15 is 0 Å². The molecule has 34 heavy (non-hydrogen) atoms. The van der Waals surface area contributed by atoms with Crippen LogP contribution in [0.25, 0.3) is 5.69 Å². The fourth-order valence-electron chi connectivity index (χ4n) is 4.41. The molecule has 0 spiro atoms. The number of carbonyl (C=O) groups excluding carboxylic acids is 2. The van der Waals surface area contributed by atoms with Crippen molar-refractivity contribution in [2.75, 3.05) is 5.32 Å². The Bertz CT molecular complexity index is 1360. The lowest BCUT2D eigenvalue weighted by Crippen LogP contribution is -2.50. The molecule has 5 rings (SSSR count). The summed E-state index contributed by atoms with van der Waals surface area (Å²) in [6, 6.07) is 21.7. The Morgan fingerprint density at radius 2 is 1.65 bits per heavy atom. The molecule has 7 heteroatoms. The second-order valence-corrected chi connectivity index (χ2v) is 8.43. The summed E-state index contributed by atoms with van der Waals surface area (Å²) in [7, 11) is 0. The summed E-state index contributed by atoms with van der Waals surface area (Å²) >= 11 is 0. The molecule has 0 saturated carbocycles. The molecule has 2 heterocycles. The van der Waals surface area contributed by atoms with Gasteiger partial charge >= 0.3 is 0 Å². The van der Waals surface area contributed by atoms with Crippen LogP contribution in [0.2, 0.25) is 0 Å². The first kappa shape index (κ1) is 21.6. The molecule has 0 saturated heterocycles. The zero-order chi connectivity index (χ0) is 23.8. The highest BCUT2D eigenvalue weighted by Crippen LogP contribution is 2.40. The van der Waals surface area contributed by atoms with Crippen LogP contribution in [-0.2, 0) is 4.79 Å². The zero-order valence-corrected chi connectivity index (χ0v) is 18.7. The van der Waals surface area contributed by atoms with Gasteiger partial charge in [-0.25, -0.2) is 9.07 Å². The number of fused-ring (bicyclic) bond motifs is 1. The minimum absolute atomic E-state index is 0.361. The number of hydrogen-bond acceptors (Lipinski definition) is 3. The molecule has 6 nitrogen and oxygen atoms in total. The summed E-state index contributed by atoms with van der Waals surface area (Å²) < 4.78 is 15.4. The second kappa shape index (κ2) is 8.59. The van der Waals surface area contributed by atoms with Crippen molar-refractivity contribution in [2.24, 2.45) is 0 Å². The summed E-state index contributed by atoms with van der Waals surface area (Å²) in [5.41, 5.74) is 4.57. The van der Waals surface area contributed by atoms with Crippen LogP contribution in [0.15, 0.2) is 78.9 Å². The highest BCUT2D eigenvalue weighted by atomic mass is 19.1. The van der Waals surface area contributed by atoms with Crippen molar-refractivity contribution in [3.63, 3.8) is 0 Å². The summed E-state index contributed by atoms with van der Waals surface area (Å²) in [6.07, 6.45) is 0. The van der Waals surface area contributed by atoms with Crippen molar-refractivity contribution < 1.29 is 14.0 Å². The fourth-order valence-corrected chi connectivity index (χ4v) is 4.41. The van der Waals surface area contributed by atoms with Gasteiger partial charge in [0.05, 0.1) is 11.4 Å². The number of hydrogen-bond donors (Lipinski definition) is 2. The predicted octanol–water partition coefficient (Wildman–Crippen LogP) is 4.51. The van der Waals surface area contributed by atoms with Gasteiger partial charge in [-0.15, -0.1) is 0 Å². The van der Waals surface area contributed by atoms with Crippen LogP contribution in [0.5, 0.6) is 0 Å². The molecule has 2 atom stereocenters. The molecule has 1 aromatic heterocycles. The van der Waals surface area contributed by atoms with E-state index in [9.17, 15) is 14.0 Å². The van der Waals surface area contributed by atoms with E-state index in [0.29, 0.717) is 22.6 Å². The molecule has 2 amide bonds. The van der Waals surface area contributed by atoms with Crippen LogP contribution in [0.4, 0.5) is 10.2 Å². The van der Waals surface area contributed by atoms with E-state index in [1.165, 1.54) is 12.1 Å². The SMILES string of the molecule is Cc1ccc(-n2nc(C)c3c2NC(=O)[C@H](NC(=O)c2ccccc2)[C@H]3c2ccc(F)cc2)cc1. The third-order valence-corrected chi connectivity index (χ3v) is 6.11. The molecule has 4 aromatic rings. The quantitative estimate of drug-likeness (QED) is 0.476. The van der Waals surface area contributed by atoms with Gasteiger partial charge in [0.2, 0.25) is 5.91 Å². The number of carbonyl (C=O) groups is 2. The van der Waals surface area contributed by atoms with Crippen molar-refractivity contribution in [3.05, 3.63) is 113 Å². The molecule has 170 valence electrons. The van der Waals surface area contributed by atoms with Gasteiger partial charge in [-0.1, -0.05) is 48.0 Å². The maximum Gasteiger partial charge on any atom is 0.251 e. The third kappa shape index (κ3) is 3.85. The van der Waals surface area contributed by atoms with Crippen LogP contribution in [0.3, 0.4) is 0 Å². The van der Waals surface area contributed by atoms with E-state index < -0.39 is 12.0 Å². The van der Waals surface area contributed by atoms with E-state index in [-0.39, 0.29) is 17.6 Å². The standard InChI is InChI=1S/C27H23FN4O2/c1-16-8-14-21(15-9-16)32-25-22(17(2)31-32)23(18-10-12-20(28)13-11-18)24(27(34)30-25)29-26(33)19-6-4-3-5-7-19/h3-15,23-24H,1-2H3,(H,29,33)(H,30,34)/t23-,24+/m0/s1. The van der Waals surface area contributed by atoms with Gasteiger partial charge in [-0.3, -0.25) is 9.59 Å². The van der Waals surface area contributed by atoms with Crippen LogP contribution < -0.4 is 10.6 Å². The smallest absolute Gasteiger partial charge is 0.251 e. The van der Waals surface area contributed by atoms with E-state index in [0.717, 1.165) is 16.8 Å². The molecule has 2 N–H and O–H groups in total. The van der Waals surface area contributed by atoms with E-state index in [1.807, 2.05) is 44.2 Å². The average Bonchev–Trinajstić information content (AvgIpc) is 3.17. The van der Waals surface area contributed by atoms with Gasteiger partial charge in [-0.05, 0) is 55.8 Å². The number of nitrogens with one attached hydrogen (secondary N) is 2. The highest BCUT2D eigenvalue weighted by molar-refractivity contribution is 6.04. The maximum absolute atomic E-state index is 13.7. The molecule has 0 unspecified atom stereocenters. The highest BCUT2D eigenvalue weighted by Gasteiger charge is 2.41. The first-order valence-electron chi connectivity index (χ1n) is 11.0. The normalized spacial score (nSPS) is 17.1. The van der Waals surface area contributed by atoms with E-state index in [1.54, 1.807) is 41.1 Å². The minimum Gasteiger partial charge on any atom is -0.339 e. The van der Waals surface area contributed by atoms with Gasteiger partial charge in [0.1, 0.15) is 17.7 Å². The van der Waals surface area contributed by atoms with Crippen LogP contribution in [0.1, 0.15) is 38.7 Å². The largest absolute Gasteiger partial charge is 0.339 e. The minimum atomic E-state index is -0.903. The van der Waals surface area contributed by atoms with Gasteiger partial charge < -0.3 is 10.6 Å². The Labute approximate surface area is 196 Å². The molecule has 1 aliphatic heterocycles. The monoisotopic (exact) mass is 454 g/mol. The number of rotatable bonds is 4. The fraction of sp³-hybridized carbons (Fsp3) is 0.148. The molecule has 0 bridgehead atoms. The number of nitrogens with zero attached hydrogens (tertiary/aromatic N) is 2. The Morgan fingerprint density at radius 3 is 2.32 bits per heavy atom. The Hall–Kier alpha value is -4.26. The topological polar surface area (TPSA) is 76.0 Å². The number of anilines is 1. The average molecular weight is 455 g/mol. The lowest BCUT2D eigenvalue weighted by Gasteiger charge is -2.32. The number of halogens is 1. The Kier molecular flexibility index (Phi) is 5.45. The summed E-state index contributed by atoms with van der Waals surface area (Å²) in [5, 5.41) is 10.6. The summed E-state index contributed by atoms with van der Waals surface area (Å²) in [6.45, 7) is 3.87. The van der Waals surface area contributed by atoms with Crippen molar-refractivity contribution in [1.29, 1.82) is 0 Å². The molecule has 0 aliphatic carbocycles. The van der Waals surface area contributed by atoms with Crippen LogP contribution in [-0.4, -0.2) is 27.6 Å². The first-order valence-corrected chi connectivity index (χ1v) is 11.0. The van der Waals surface area contributed by atoms with Crippen molar-refractivity contribution >= 4 is 17.6 Å². The Balaban J connectivity index is 1.62. The van der Waals surface area contributed by atoms with Gasteiger partial charge in [0.15, 0.2) is 0 Å². The van der Waals surface area contributed by atoms with Gasteiger partial charge in [0, 0.05) is 17.0 Å². The maximum atomic E-state index is 13.7. The summed E-state index contributed by atoms with van der Waals surface area (Å²) in [4.78, 5) is 26.4. The van der Waals surface area contributed by atoms with Gasteiger partial charge in [-0.2, -0.15) is 5.10 Å². The summed E-state index contributed by atoms with van der Waals surface area (Å²) in [5.74, 6) is -1.09. The van der Waals surface area contributed by atoms with E-state index in [4.69, 9.17) is 5.10 Å². The van der Waals surface area contributed by atoms with E-state index in [2.05, 4.69) is 10.6 Å². The van der Waals surface area contributed by atoms with Gasteiger partial charge in [0.25, 0.3) is 5.91 Å². The Morgan fingerprint density at radius 1 is 0.971 bits per heavy atom. The molecular weight excluding hydrogens is 431 g/mol. The first-order chi connectivity index (χ1) is 16.4. The predicted molar refractivity (Wildman–Crippen MR) is 128 cm³/mol. The van der Waals surface area contributed by atoms with Crippen molar-refractivity contribution in [1.82, 2.24) is 15.1 Å². The zero-order valence-electron chi connectivity index (χ0n) is 18.7. The van der Waals surface area contributed by atoms with Crippen LogP contribution in [0, 0.1) is 19.7 Å². The van der Waals surface area contributed by atoms with Crippen molar-refractivity contribution in [2.45, 2.75) is 25.8 Å². The lowest BCUT2D eigenvalue weighted by atomic mass is 9.82. The molecule has 0 radical (unpaired) electrons. The number of amides is 2. The molecule has 1 aliphatic rings. The lowest BCUT2D eigenvalue weighted by molar-refractivity contribution is -0.118. The molecule has 3 aromatic carbocycles. The molecule has 0 fully saturated rings.